The van der Waals surface area contributed by atoms with Gasteiger partial charge in [0.05, 0.1) is 11.4 Å². The van der Waals surface area contributed by atoms with E-state index in [4.69, 9.17) is 32.6 Å². The summed E-state index contributed by atoms with van der Waals surface area (Å²) in [5.74, 6) is 0. The number of fused-ring (bicyclic) bond motifs is 24. The fourth-order valence-electron chi connectivity index (χ4n) is 15.2. The third-order valence-electron chi connectivity index (χ3n) is 19.6. The maximum absolute atomic E-state index is 7.03. The molecule has 0 aliphatic rings. The van der Waals surface area contributed by atoms with Crippen molar-refractivity contribution in [1.82, 2.24) is 19.9 Å². The first kappa shape index (κ1) is 52.4. The van der Waals surface area contributed by atoms with Crippen LogP contribution in [0.1, 0.15) is 0 Å². The average Bonchev–Trinajstić information content (AvgIpc) is 0.965. The van der Waals surface area contributed by atoms with E-state index in [1.54, 1.807) is 6.20 Å². The molecular formula is C86H48N6O4. The summed E-state index contributed by atoms with van der Waals surface area (Å²) in [6.07, 6.45) is 9.22. The van der Waals surface area contributed by atoms with Crippen molar-refractivity contribution in [2.45, 2.75) is 0 Å². The van der Waals surface area contributed by atoms with E-state index in [0.717, 1.165) is 160 Å². The van der Waals surface area contributed by atoms with Crippen LogP contribution >= 0.6 is 0 Å². The lowest BCUT2D eigenvalue weighted by molar-refractivity contribution is 0.667. The van der Waals surface area contributed by atoms with E-state index in [0.29, 0.717) is 11.2 Å². The van der Waals surface area contributed by atoms with E-state index in [1.807, 2.05) is 79.4 Å². The highest BCUT2D eigenvalue weighted by atomic mass is 16.3. The topological polar surface area (TPSA) is 111 Å². The Morgan fingerprint density at radius 2 is 0.604 bits per heavy atom. The first-order chi connectivity index (χ1) is 47.6. The van der Waals surface area contributed by atoms with Gasteiger partial charge in [0.25, 0.3) is 0 Å². The van der Waals surface area contributed by atoms with Crippen molar-refractivity contribution in [3.05, 3.63) is 292 Å². The molecule has 0 bridgehead atoms. The molecule has 0 aliphatic heterocycles. The molecule has 0 radical (unpaired) electrons. The van der Waals surface area contributed by atoms with Gasteiger partial charge in [-0.3, -0.25) is 19.9 Å². The number of anilines is 6. The van der Waals surface area contributed by atoms with E-state index in [9.17, 15) is 0 Å². The zero-order valence-electron chi connectivity index (χ0n) is 51.0. The summed E-state index contributed by atoms with van der Waals surface area (Å²) in [5, 5.41) is 19.1. The van der Waals surface area contributed by atoms with Gasteiger partial charge in [0.15, 0.2) is 16.7 Å². The maximum Gasteiger partial charge on any atom is 0.177 e. The van der Waals surface area contributed by atoms with Gasteiger partial charge in [-0.25, -0.2) is 0 Å². The molecule has 0 unspecified atom stereocenters. The Morgan fingerprint density at radius 3 is 1.26 bits per heavy atom. The lowest BCUT2D eigenvalue weighted by Crippen LogP contribution is -2.10. The van der Waals surface area contributed by atoms with Crippen molar-refractivity contribution in [3.8, 4) is 22.3 Å². The van der Waals surface area contributed by atoms with Gasteiger partial charge < -0.3 is 27.5 Å². The lowest BCUT2D eigenvalue weighted by Gasteiger charge is -2.26. The van der Waals surface area contributed by atoms with Crippen LogP contribution in [0.3, 0.4) is 0 Å². The monoisotopic (exact) mass is 1230 g/mol. The smallest absolute Gasteiger partial charge is 0.177 e. The van der Waals surface area contributed by atoms with E-state index < -0.39 is 0 Å². The Morgan fingerprint density at radius 1 is 0.219 bits per heavy atom. The van der Waals surface area contributed by atoms with Crippen molar-refractivity contribution in [2.24, 2.45) is 0 Å². The maximum atomic E-state index is 7.03. The normalized spacial score (nSPS) is 12.2. The van der Waals surface area contributed by atoms with E-state index in [-0.39, 0.29) is 0 Å². The zero-order chi connectivity index (χ0) is 62.7. The van der Waals surface area contributed by atoms with Crippen molar-refractivity contribution in [1.29, 1.82) is 0 Å². The molecule has 21 aromatic rings. The molecule has 446 valence electrons. The highest BCUT2D eigenvalue weighted by Gasteiger charge is 2.26. The lowest BCUT2D eigenvalue weighted by atomic mass is 9.91. The SMILES string of the molecule is c1ccc2c(c1)oc1c(N(c3ccc4c5cc(-c6ccc7oc8c(N(c9ccc(-c%10ccc%11c%12ccccc%12c%12ccccc%12c%11c%10)cc9)c9ccc%10oc%11ccncc%11c%10c9)ccnc8c7c6)ccc5c5ccccc5c4c3)c3ccc4oc5cccnc5c4c3)ccnc12. The van der Waals surface area contributed by atoms with Gasteiger partial charge in [0, 0.05) is 80.7 Å². The van der Waals surface area contributed by atoms with Gasteiger partial charge in [-0.15, -0.1) is 0 Å². The van der Waals surface area contributed by atoms with Gasteiger partial charge >= 0.3 is 0 Å². The Kier molecular flexibility index (Phi) is 11.0. The number of hydrogen-bond acceptors (Lipinski definition) is 10. The number of nitrogens with zero attached hydrogens (tertiary/aromatic N) is 6. The second-order valence-electron chi connectivity index (χ2n) is 24.8. The Balaban J connectivity index is 0.698. The standard InChI is InChI=1S/C86H48N6O4/c1-2-12-59-57(10-1)58-11-3-5-14-61(58)67-42-50(21-29-63(59)67)49-19-24-53(25-20-49)91(55-27-33-77-70(46-55)73-48-87-39-37-80(73)93-77)74-35-41-90-84-71-44-52(23-32-79(71)96-86(74)84)51-22-30-64-60-13-4-6-15-62(60)69-45-54(26-31-65(69)68(64)43-51)92(56-28-34-78-72(47-56)82-81(94-78)18-9-38-88-82)75-36-40-89-83-66-16-7-8-17-76(66)95-85(75)83/h1-48H. The molecule has 10 heteroatoms. The first-order valence-electron chi connectivity index (χ1n) is 32.1. The second-order valence-corrected chi connectivity index (χ2v) is 24.8. The number of pyridine rings is 4. The van der Waals surface area contributed by atoms with Gasteiger partial charge in [-0.1, -0.05) is 133 Å². The zero-order valence-corrected chi connectivity index (χ0v) is 51.0. The van der Waals surface area contributed by atoms with Crippen LogP contribution < -0.4 is 9.80 Å². The van der Waals surface area contributed by atoms with Gasteiger partial charge in [-0.05, 0) is 214 Å². The molecule has 0 amide bonds. The largest absolute Gasteiger partial charge is 0.456 e. The molecule has 0 fully saturated rings. The van der Waals surface area contributed by atoms with Crippen molar-refractivity contribution in [3.63, 3.8) is 0 Å². The quantitative estimate of drug-likeness (QED) is 0.136. The van der Waals surface area contributed by atoms with Gasteiger partial charge in [0.2, 0.25) is 0 Å². The predicted molar refractivity (Wildman–Crippen MR) is 392 cm³/mol. The molecule has 96 heavy (non-hydrogen) atoms. The third kappa shape index (κ3) is 7.81. The fraction of sp³-hybridized carbons (Fsp3) is 0. The number of rotatable bonds is 8. The summed E-state index contributed by atoms with van der Waals surface area (Å²) < 4.78 is 26.4. The van der Waals surface area contributed by atoms with Crippen LogP contribution in [0.2, 0.25) is 0 Å². The third-order valence-corrected chi connectivity index (χ3v) is 19.6. The molecule has 0 aliphatic carbocycles. The van der Waals surface area contributed by atoms with Crippen LogP contribution in [-0.4, -0.2) is 19.9 Å². The molecule has 10 nitrogen and oxygen atoms in total. The second kappa shape index (κ2) is 20.2. The van der Waals surface area contributed by atoms with E-state index in [2.05, 4.69) is 221 Å². The van der Waals surface area contributed by atoms with Crippen molar-refractivity contribution in [2.75, 3.05) is 9.80 Å². The molecule has 0 N–H and O–H groups in total. The number of benzene rings is 13. The highest BCUT2D eigenvalue weighted by Crippen LogP contribution is 2.49. The van der Waals surface area contributed by atoms with Crippen LogP contribution in [0.4, 0.5) is 34.1 Å². The Labute approximate surface area is 545 Å². The van der Waals surface area contributed by atoms with Gasteiger partial charge in [0.1, 0.15) is 44.5 Å². The van der Waals surface area contributed by atoms with Crippen LogP contribution in [-0.2, 0) is 0 Å². The summed E-state index contributed by atoms with van der Waals surface area (Å²) in [4.78, 5) is 23.8. The summed E-state index contributed by atoms with van der Waals surface area (Å²) in [7, 11) is 0. The van der Waals surface area contributed by atoms with Crippen LogP contribution in [0, 0.1) is 0 Å². The van der Waals surface area contributed by atoms with Crippen molar-refractivity contribution >= 4 is 187 Å². The van der Waals surface area contributed by atoms with Gasteiger partial charge in [-0.2, -0.15) is 0 Å². The number of aromatic nitrogens is 4. The summed E-state index contributed by atoms with van der Waals surface area (Å²) >= 11 is 0. The molecule has 0 saturated carbocycles. The Bertz CT molecular complexity index is 6850. The first-order valence-corrected chi connectivity index (χ1v) is 32.1. The Hall–Kier alpha value is -13.2. The number of para-hydroxylation sites is 1. The fourth-order valence-corrected chi connectivity index (χ4v) is 15.2. The molecule has 0 spiro atoms. The number of hydrogen-bond donors (Lipinski definition) is 0. The van der Waals surface area contributed by atoms with Crippen molar-refractivity contribution < 1.29 is 17.7 Å². The molecule has 21 rings (SSSR count). The summed E-state index contributed by atoms with van der Waals surface area (Å²) in [6, 6.07) is 92.7. The average molecular weight is 1230 g/mol. The predicted octanol–water partition coefficient (Wildman–Crippen LogP) is 24.1. The summed E-state index contributed by atoms with van der Waals surface area (Å²) in [5.41, 5.74) is 18.1. The molecular weight excluding hydrogens is 1180 g/mol. The highest BCUT2D eigenvalue weighted by molar-refractivity contribution is 6.28. The minimum absolute atomic E-state index is 0.671. The van der Waals surface area contributed by atoms with Crippen LogP contribution in [0.15, 0.2) is 310 Å². The van der Waals surface area contributed by atoms with Crippen LogP contribution in [0.5, 0.6) is 0 Å². The molecule has 0 saturated heterocycles. The minimum Gasteiger partial charge on any atom is -0.456 e. The molecule has 8 heterocycles. The molecule has 13 aromatic carbocycles. The number of furan rings is 4. The van der Waals surface area contributed by atoms with E-state index in [1.165, 1.54) is 37.7 Å². The minimum atomic E-state index is 0.671. The molecule has 8 aromatic heterocycles. The van der Waals surface area contributed by atoms with E-state index >= 15 is 0 Å². The van der Waals surface area contributed by atoms with Crippen LogP contribution in [0.25, 0.3) is 175 Å². The summed E-state index contributed by atoms with van der Waals surface area (Å²) in [6.45, 7) is 0. The molecule has 0 atom stereocenters.